The Morgan fingerprint density at radius 1 is 1.19 bits per heavy atom. The molecule has 0 unspecified atom stereocenters. The summed E-state index contributed by atoms with van der Waals surface area (Å²) in [4.78, 5) is 0. The second-order valence-electron chi connectivity index (χ2n) is 5.40. The van der Waals surface area contributed by atoms with Crippen LogP contribution in [-0.2, 0) is 9.84 Å². The predicted octanol–water partition coefficient (Wildman–Crippen LogP) is 2.43. The zero-order chi connectivity index (χ0) is 11.6. The molecule has 0 aromatic rings. The Bertz CT molecular complexity index is 384. The number of rotatable bonds is 4. The van der Waals surface area contributed by atoms with Crippen molar-refractivity contribution in [3.63, 3.8) is 0 Å². The van der Waals surface area contributed by atoms with E-state index in [1.54, 1.807) is 0 Å². The molecule has 2 saturated carbocycles. The van der Waals surface area contributed by atoms with Crippen LogP contribution in [0.2, 0.25) is 0 Å². The largest absolute Gasteiger partial charge is 0.229 e. The summed E-state index contributed by atoms with van der Waals surface area (Å²) in [5.74, 6) is 0.262. The number of sulfone groups is 1. The van der Waals surface area contributed by atoms with E-state index in [9.17, 15) is 8.42 Å². The molecule has 16 heavy (non-hydrogen) atoms. The predicted molar refractivity (Wildman–Crippen MR) is 62.6 cm³/mol. The molecule has 90 valence electrons. The van der Waals surface area contributed by atoms with Gasteiger partial charge in [0.2, 0.25) is 0 Å². The minimum absolute atomic E-state index is 0.114. The molecule has 2 aliphatic carbocycles. The quantitative estimate of drug-likeness (QED) is 0.759. The van der Waals surface area contributed by atoms with Crippen LogP contribution in [0.1, 0.15) is 51.4 Å². The zero-order valence-corrected chi connectivity index (χ0v) is 10.4. The first kappa shape index (κ1) is 11.9. The first-order valence-corrected chi connectivity index (χ1v) is 7.88. The Labute approximate surface area is 97.8 Å². The fourth-order valence-corrected chi connectivity index (χ4v) is 5.22. The molecular weight excluding hydrogens is 222 g/mol. The normalized spacial score (nSPS) is 24.9. The Kier molecular flexibility index (Phi) is 3.25. The molecule has 0 aromatic heterocycles. The summed E-state index contributed by atoms with van der Waals surface area (Å²) in [5.41, 5.74) is -0.162. The van der Waals surface area contributed by atoms with Crippen molar-refractivity contribution in [2.45, 2.75) is 56.6 Å². The van der Waals surface area contributed by atoms with E-state index in [-0.39, 0.29) is 16.4 Å². The van der Waals surface area contributed by atoms with Gasteiger partial charge < -0.3 is 0 Å². The highest BCUT2D eigenvalue weighted by Gasteiger charge is 2.47. The standard InChI is InChI=1S/C12H19NO2S/c13-9-8-12(6-7-12)10-16(14,15)11-4-2-1-3-5-11/h11H,1-8,10H2. The van der Waals surface area contributed by atoms with E-state index in [1.807, 2.05) is 0 Å². The highest BCUT2D eigenvalue weighted by molar-refractivity contribution is 7.92. The molecule has 0 amide bonds. The molecule has 2 fully saturated rings. The van der Waals surface area contributed by atoms with Crippen LogP contribution in [0.3, 0.4) is 0 Å². The van der Waals surface area contributed by atoms with E-state index in [0.29, 0.717) is 6.42 Å². The van der Waals surface area contributed by atoms with Crippen LogP contribution in [-0.4, -0.2) is 19.4 Å². The van der Waals surface area contributed by atoms with Crippen molar-refractivity contribution >= 4 is 9.84 Å². The second-order valence-corrected chi connectivity index (χ2v) is 7.68. The fraction of sp³-hybridized carbons (Fsp3) is 0.917. The number of nitrogens with zero attached hydrogens (tertiary/aromatic N) is 1. The Hall–Kier alpha value is -0.560. The summed E-state index contributed by atoms with van der Waals surface area (Å²) >= 11 is 0. The molecule has 0 spiro atoms. The lowest BCUT2D eigenvalue weighted by Crippen LogP contribution is -2.30. The minimum Gasteiger partial charge on any atom is -0.229 e. The Morgan fingerprint density at radius 2 is 1.81 bits per heavy atom. The van der Waals surface area contributed by atoms with Crippen LogP contribution >= 0.6 is 0 Å². The van der Waals surface area contributed by atoms with Gasteiger partial charge in [0.15, 0.2) is 9.84 Å². The summed E-state index contributed by atoms with van der Waals surface area (Å²) in [6.45, 7) is 0. The van der Waals surface area contributed by atoms with Crippen LogP contribution < -0.4 is 0 Å². The van der Waals surface area contributed by atoms with Gasteiger partial charge in [0.05, 0.1) is 17.1 Å². The smallest absolute Gasteiger partial charge is 0.153 e. The molecule has 0 N–H and O–H groups in total. The third kappa shape index (κ3) is 2.57. The van der Waals surface area contributed by atoms with Gasteiger partial charge in [-0.05, 0) is 31.1 Å². The summed E-state index contributed by atoms with van der Waals surface area (Å²) in [6.07, 6.45) is 7.22. The minimum atomic E-state index is -2.95. The van der Waals surface area contributed by atoms with Gasteiger partial charge in [0.1, 0.15) is 0 Å². The van der Waals surface area contributed by atoms with Gasteiger partial charge in [0, 0.05) is 6.42 Å². The lowest BCUT2D eigenvalue weighted by atomic mass is 10.0. The van der Waals surface area contributed by atoms with E-state index < -0.39 is 9.84 Å². The molecule has 0 radical (unpaired) electrons. The van der Waals surface area contributed by atoms with E-state index in [2.05, 4.69) is 6.07 Å². The van der Waals surface area contributed by atoms with Crippen molar-refractivity contribution in [2.75, 3.05) is 5.75 Å². The molecule has 0 aromatic carbocycles. The van der Waals surface area contributed by atoms with Crippen LogP contribution in [0.25, 0.3) is 0 Å². The van der Waals surface area contributed by atoms with Gasteiger partial charge in [0.25, 0.3) is 0 Å². The van der Waals surface area contributed by atoms with Gasteiger partial charge in [-0.15, -0.1) is 0 Å². The first-order valence-electron chi connectivity index (χ1n) is 6.17. The molecule has 0 heterocycles. The third-order valence-electron chi connectivity index (χ3n) is 3.98. The number of nitriles is 1. The molecule has 2 aliphatic rings. The Balaban J connectivity index is 2.00. The highest BCUT2D eigenvalue weighted by Crippen LogP contribution is 2.50. The molecule has 3 nitrogen and oxygen atoms in total. The summed E-state index contributed by atoms with van der Waals surface area (Å²) < 4.78 is 24.4. The lowest BCUT2D eigenvalue weighted by molar-refractivity contribution is 0.473. The monoisotopic (exact) mass is 241 g/mol. The van der Waals surface area contributed by atoms with Crippen molar-refractivity contribution < 1.29 is 8.42 Å². The van der Waals surface area contributed by atoms with E-state index >= 15 is 0 Å². The topological polar surface area (TPSA) is 57.9 Å². The summed E-state index contributed by atoms with van der Waals surface area (Å²) in [5, 5.41) is 8.59. The molecule has 0 atom stereocenters. The average molecular weight is 241 g/mol. The van der Waals surface area contributed by atoms with Crippen molar-refractivity contribution in [1.29, 1.82) is 5.26 Å². The van der Waals surface area contributed by atoms with Gasteiger partial charge >= 0.3 is 0 Å². The molecule has 2 rings (SSSR count). The summed E-state index contributed by atoms with van der Waals surface area (Å²) in [6, 6.07) is 2.13. The second kappa shape index (κ2) is 4.37. The van der Waals surface area contributed by atoms with Crippen LogP contribution in [0, 0.1) is 16.7 Å². The SMILES string of the molecule is N#CCC1(CS(=O)(=O)C2CCCCC2)CC1. The van der Waals surface area contributed by atoms with Crippen molar-refractivity contribution in [2.24, 2.45) is 5.41 Å². The van der Waals surface area contributed by atoms with Crippen LogP contribution in [0.5, 0.6) is 0 Å². The molecule has 0 aliphatic heterocycles. The van der Waals surface area contributed by atoms with Crippen molar-refractivity contribution in [3.8, 4) is 6.07 Å². The zero-order valence-electron chi connectivity index (χ0n) is 9.61. The first-order chi connectivity index (χ1) is 7.58. The molecule has 0 bridgehead atoms. The number of hydrogen-bond acceptors (Lipinski definition) is 3. The van der Waals surface area contributed by atoms with E-state index in [4.69, 9.17) is 5.26 Å². The Morgan fingerprint density at radius 3 is 2.31 bits per heavy atom. The molecular formula is C12H19NO2S. The van der Waals surface area contributed by atoms with Gasteiger partial charge in [-0.1, -0.05) is 19.3 Å². The van der Waals surface area contributed by atoms with Gasteiger partial charge in [-0.25, -0.2) is 8.42 Å². The maximum Gasteiger partial charge on any atom is 0.153 e. The molecule has 0 saturated heterocycles. The lowest BCUT2D eigenvalue weighted by Gasteiger charge is -2.23. The average Bonchev–Trinajstić information content (AvgIpc) is 2.99. The highest BCUT2D eigenvalue weighted by atomic mass is 32.2. The number of hydrogen-bond donors (Lipinski definition) is 0. The van der Waals surface area contributed by atoms with Gasteiger partial charge in [-0.2, -0.15) is 5.26 Å². The van der Waals surface area contributed by atoms with E-state index in [1.165, 1.54) is 6.42 Å². The third-order valence-corrected chi connectivity index (χ3v) is 6.48. The summed E-state index contributed by atoms with van der Waals surface area (Å²) in [7, 11) is -2.95. The maximum atomic E-state index is 12.2. The van der Waals surface area contributed by atoms with Gasteiger partial charge in [-0.3, -0.25) is 0 Å². The maximum absolute atomic E-state index is 12.2. The van der Waals surface area contributed by atoms with Crippen LogP contribution in [0.15, 0.2) is 0 Å². The van der Waals surface area contributed by atoms with E-state index in [0.717, 1.165) is 38.5 Å². The fourth-order valence-electron chi connectivity index (χ4n) is 2.69. The molecule has 4 heteroatoms. The van der Waals surface area contributed by atoms with Crippen molar-refractivity contribution in [3.05, 3.63) is 0 Å². The van der Waals surface area contributed by atoms with Crippen LogP contribution in [0.4, 0.5) is 0 Å². The van der Waals surface area contributed by atoms with Crippen molar-refractivity contribution in [1.82, 2.24) is 0 Å².